The lowest BCUT2D eigenvalue weighted by molar-refractivity contribution is 0.103. The molecule has 1 aromatic heterocycles. The summed E-state index contributed by atoms with van der Waals surface area (Å²) in [5.74, 6) is 0.129. The Labute approximate surface area is 161 Å². The molecule has 0 spiro atoms. The first-order valence-electron chi connectivity index (χ1n) is 8.96. The molecular weight excluding hydrogens is 356 g/mol. The number of carbonyl (C=O) groups excluding carboxylic acids is 1. The number of H-pyrrole nitrogens is 1. The van der Waals surface area contributed by atoms with Crippen LogP contribution in [-0.2, 0) is 13.2 Å². The highest BCUT2D eigenvalue weighted by molar-refractivity contribution is 6.18. The van der Waals surface area contributed by atoms with Crippen molar-refractivity contribution in [3.8, 4) is 5.75 Å². The average Bonchev–Trinajstić information content (AvgIpc) is 3.38. The number of ether oxygens (including phenoxy) is 1. The number of nitrogens with one attached hydrogen (secondary N) is 1. The van der Waals surface area contributed by atoms with E-state index in [2.05, 4.69) is 9.98 Å². The number of ketones is 1. The second-order valence-electron chi connectivity index (χ2n) is 6.56. The number of aliphatic imine (C=N–C) groups is 1. The van der Waals surface area contributed by atoms with Crippen LogP contribution in [0, 0.1) is 0 Å². The van der Waals surface area contributed by atoms with Crippen molar-refractivity contribution >= 4 is 22.4 Å². The fourth-order valence-corrected chi connectivity index (χ4v) is 3.54. The van der Waals surface area contributed by atoms with Gasteiger partial charge < -0.3 is 19.9 Å². The average molecular weight is 376 g/mol. The number of Topliss-reactive ketones (excluding diaryl/α,β-unsaturated/α-hetero) is 1. The van der Waals surface area contributed by atoms with Gasteiger partial charge in [-0.2, -0.15) is 0 Å². The second kappa shape index (κ2) is 7.42. The van der Waals surface area contributed by atoms with E-state index < -0.39 is 0 Å². The first-order valence-corrected chi connectivity index (χ1v) is 8.96. The smallest absolute Gasteiger partial charge is 0.211 e. The van der Waals surface area contributed by atoms with Gasteiger partial charge in [0.05, 0.1) is 26.0 Å². The molecule has 0 bridgehead atoms. The van der Waals surface area contributed by atoms with Gasteiger partial charge in [-0.25, -0.2) is 4.99 Å². The molecule has 28 heavy (non-hydrogen) atoms. The van der Waals surface area contributed by atoms with Crippen molar-refractivity contribution in [3.63, 3.8) is 0 Å². The molecule has 2 heterocycles. The summed E-state index contributed by atoms with van der Waals surface area (Å²) in [4.78, 5) is 20.8. The molecule has 0 radical (unpaired) electrons. The molecule has 4 rings (SSSR count). The van der Waals surface area contributed by atoms with Crippen LogP contribution in [0.1, 0.15) is 33.5 Å². The van der Waals surface area contributed by atoms with Gasteiger partial charge in [0.25, 0.3) is 0 Å². The Kier molecular flexibility index (Phi) is 4.81. The van der Waals surface area contributed by atoms with Crippen LogP contribution in [-0.4, -0.2) is 33.8 Å². The zero-order valence-electron chi connectivity index (χ0n) is 15.4. The van der Waals surface area contributed by atoms with Crippen molar-refractivity contribution < 1.29 is 19.7 Å². The lowest BCUT2D eigenvalue weighted by Crippen LogP contribution is -2.06. The summed E-state index contributed by atoms with van der Waals surface area (Å²) in [5, 5.41) is 20.2. The minimum absolute atomic E-state index is 0.243. The van der Waals surface area contributed by atoms with Crippen LogP contribution < -0.4 is 4.74 Å². The molecule has 0 aliphatic carbocycles. The Morgan fingerprint density at radius 1 is 1.21 bits per heavy atom. The van der Waals surface area contributed by atoms with Gasteiger partial charge in [0.1, 0.15) is 11.4 Å². The van der Waals surface area contributed by atoms with Crippen molar-refractivity contribution in [1.82, 2.24) is 4.98 Å². The van der Waals surface area contributed by atoms with Crippen LogP contribution >= 0.6 is 0 Å². The number of para-hydroxylation sites is 1. The topological polar surface area (TPSA) is 94.9 Å². The van der Waals surface area contributed by atoms with E-state index in [4.69, 9.17) is 4.74 Å². The minimum Gasteiger partial charge on any atom is -0.496 e. The number of allylic oxidation sites excluding steroid dienone is 2. The molecule has 1 aliphatic rings. The quantitative estimate of drug-likeness (QED) is 0.576. The minimum atomic E-state index is -0.295. The number of aliphatic hydroxyl groups is 2. The highest BCUT2D eigenvalue weighted by Crippen LogP contribution is 2.29. The number of methoxy groups -OCH3 is 1. The van der Waals surface area contributed by atoms with Gasteiger partial charge in [-0.05, 0) is 29.8 Å². The SMILES string of the molecule is COc1cc(C(=O)C2=CCC(c3c[nH]c4ccccc34)=N2)cc(CO)c1CO. The Morgan fingerprint density at radius 2 is 2.04 bits per heavy atom. The molecule has 142 valence electrons. The van der Waals surface area contributed by atoms with Crippen LogP contribution in [0.3, 0.4) is 0 Å². The number of fused-ring (bicyclic) bond motifs is 1. The first-order chi connectivity index (χ1) is 13.7. The third-order valence-corrected chi connectivity index (χ3v) is 4.99. The number of aromatic amines is 1. The number of aliphatic hydroxyl groups excluding tert-OH is 2. The van der Waals surface area contributed by atoms with E-state index in [1.54, 1.807) is 12.1 Å². The fraction of sp³-hybridized carbons (Fsp3) is 0.182. The number of aromatic nitrogens is 1. The molecule has 0 amide bonds. The zero-order valence-corrected chi connectivity index (χ0v) is 15.4. The van der Waals surface area contributed by atoms with Crippen molar-refractivity contribution in [1.29, 1.82) is 0 Å². The maximum atomic E-state index is 13.0. The number of rotatable bonds is 6. The maximum absolute atomic E-state index is 13.0. The summed E-state index contributed by atoms with van der Waals surface area (Å²) in [7, 11) is 1.46. The molecule has 0 fully saturated rings. The van der Waals surface area contributed by atoms with Crippen LogP contribution in [0.4, 0.5) is 0 Å². The third-order valence-electron chi connectivity index (χ3n) is 4.99. The largest absolute Gasteiger partial charge is 0.496 e. The number of carbonyl (C=O) groups is 1. The normalized spacial score (nSPS) is 13.5. The second-order valence-corrected chi connectivity index (χ2v) is 6.56. The van der Waals surface area contributed by atoms with E-state index in [9.17, 15) is 15.0 Å². The van der Waals surface area contributed by atoms with Crippen molar-refractivity contribution in [2.75, 3.05) is 7.11 Å². The number of benzene rings is 2. The molecule has 0 atom stereocenters. The Hall–Kier alpha value is -3.22. The molecule has 3 aromatic rings. The number of hydrogen-bond donors (Lipinski definition) is 3. The van der Waals surface area contributed by atoms with E-state index in [0.717, 1.165) is 22.2 Å². The molecule has 0 unspecified atom stereocenters. The molecular formula is C22H20N2O4. The van der Waals surface area contributed by atoms with Gasteiger partial charge >= 0.3 is 0 Å². The van der Waals surface area contributed by atoms with Gasteiger partial charge in [-0.15, -0.1) is 0 Å². The molecule has 3 N–H and O–H groups in total. The van der Waals surface area contributed by atoms with Crippen molar-refractivity contribution in [2.45, 2.75) is 19.6 Å². The fourth-order valence-electron chi connectivity index (χ4n) is 3.54. The molecule has 6 nitrogen and oxygen atoms in total. The van der Waals surface area contributed by atoms with E-state index in [0.29, 0.717) is 34.6 Å². The van der Waals surface area contributed by atoms with E-state index >= 15 is 0 Å². The highest BCUT2D eigenvalue weighted by Gasteiger charge is 2.22. The lowest BCUT2D eigenvalue weighted by Gasteiger charge is -2.13. The van der Waals surface area contributed by atoms with E-state index in [1.807, 2.05) is 36.5 Å². The van der Waals surface area contributed by atoms with Gasteiger partial charge in [0.15, 0.2) is 0 Å². The Bertz CT molecular complexity index is 1100. The molecule has 0 saturated heterocycles. The Morgan fingerprint density at radius 3 is 2.79 bits per heavy atom. The van der Waals surface area contributed by atoms with Crippen molar-refractivity contribution in [3.05, 3.63) is 76.6 Å². The van der Waals surface area contributed by atoms with Gasteiger partial charge in [0.2, 0.25) is 5.78 Å². The summed E-state index contributed by atoms with van der Waals surface area (Å²) in [6.07, 6.45) is 4.29. The summed E-state index contributed by atoms with van der Waals surface area (Å²) < 4.78 is 5.28. The summed E-state index contributed by atoms with van der Waals surface area (Å²) in [6, 6.07) is 11.1. The van der Waals surface area contributed by atoms with Crippen LogP contribution in [0.15, 0.2) is 59.4 Å². The third kappa shape index (κ3) is 3.02. The summed E-state index contributed by atoms with van der Waals surface area (Å²) >= 11 is 0. The number of hydrogen-bond acceptors (Lipinski definition) is 5. The maximum Gasteiger partial charge on any atom is 0.211 e. The van der Waals surface area contributed by atoms with E-state index in [1.165, 1.54) is 7.11 Å². The highest BCUT2D eigenvalue weighted by atomic mass is 16.5. The Balaban J connectivity index is 1.68. The summed E-state index contributed by atoms with van der Waals surface area (Å²) in [5.41, 5.74) is 4.52. The lowest BCUT2D eigenvalue weighted by atomic mass is 9.99. The molecule has 6 heteroatoms. The van der Waals surface area contributed by atoms with Crippen molar-refractivity contribution in [2.24, 2.45) is 4.99 Å². The van der Waals surface area contributed by atoms with Crippen LogP contribution in [0.2, 0.25) is 0 Å². The zero-order chi connectivity index (χ0) is 19.7. The van der Waals surface area contributed by atoms with E-state index in [-0.39, 0.29) is 19.0 Å². The van der Waals surface area contributed by atoms with Crippen LogP contribution in [0.25, 0.3) is 10.9 Å². The monoisotopic (exact) mass is 376 g/mol. The molecule has 2 aromatic carbocycles. The summed E-state index contributed by atoms with van der Waals surface area (Å²) in [6.45, 7) is -0.574. The first kappa shape index (κ1) is 18.2. The van der Waals surface area contributed by atoms with Crippen LogP contribution in [0.5, 0.6) is 5.75 Å². The molecule has 1 aliphatic heterocycles. The predicted octanol–water partition coefficient (Wildman–Crippen LogP) is 3.12. The number of nitrogens with zero attached hydrogens (tertiary/aromatic N) is 1. The standard InChI is InChI=1S/C22H20N2O4/c1-28-21-9-13(8-14(11-25)17(21)12-26)22(27)20-7-6-19(24-20)16-10-23-18-5-3-2-4-15(16)18/h2-5,7-10,23,25-26H,6,11-12H2,1H3. The predicted molar refractivity (Wildman–Crippen MR) is 107 cm³/mol. The van der Waals surface area contributed by atoms with Gasteiger partial charge in [-0.1, -0.05) is 18.2 Å². The molecule has 0 saturated carbocycles. The van der Waals surface area contributed by atoms with Gasteiger partial charge in [0, 0.05) is 40.2 Å². The van der Waals surface area contributed by atoms with Gasteiger partial charge in [-0.3, -0.25) is 4.79 Å².